The van der Waals surface area contributed by atoms with E-state index >= 15 is 0 Å². The lowest BCUT2D eigenvalue weighted by atomic mass is 10.2. The van der Waals surface area contributed by atoms with Gasteiger partial charge in [-0.05, 0) is 18.6 Å². The van der Waals surface area contributed by atoms with E-state index in [0.717, 1.165) is 5.56 Å². The summed E-state index contributed by atoms with van der Waals surface area (Å²) in [6.07, 6.45) is 0.157. The first-order valence-electron chi connectivity index (χ1n) is 7.74. The molecule has 0 saturated carbocycles. The molecule has 2 amide bonds. The zero-order chi connectivity index (χ0) is 17.5. The van der Waals surface area contributed by atoms with Gasteiger partial charge >= 0.3 is 0 Å². The summed E-state index contributed by atoms with van der Waals surface area (Å²) in [4.78, 5) is 23.9. The van der Waals surface area contributed by atoms with Gasteiger partial charge < -0.3 is 25.4 Å². The number of hydrogen-bond acceptors (Lipinski definition) is 5. The van der Waals surface area contributed by atoms with E-state index in [9.17, 15) is 9.59 Å². The summed E-state index contributed by atoms with van der Waals surface area (Å²) in [6, 6.07) is 3.05. The number of hydrogen-bond donors (Lipinski definition) is 3. The number of ether oxygens (including phenoxy) is 2. The highest BCUT2D eigenvalue weighted by Gasteiger charge is 2.20. The van der Waals surface area contributed by atoms with Crippen molar-refractivity contribution < 1.29 is 19.1 Å². The number of carbonyl (C=O) groups is 2. The molecular weight excluding hydrogens is 369 g/mol. The third-order valence-corrected chi connectivity index (χ3v) is 4.05. The fourth-order valence-corrected chi connectivity index (χ4v) is 2.45. The second kappa shape index (κ2) is 10.5. The topological polar surface area (TPSA) is 88.7 Å². The third-order valence-electron chi connectivity index (χ3n) is 3.64. The normalized spacial score (nSPS) is 16.5. The molecule has 140 valence electrons. The Balaban J connectivity index is 0.00000312. The quantitative estimate of drug-likeness (QED) is 0.683. The molecule has 1 aromatic rings. The van der Waals surface area contributed by atoms with Gasteiger partial charge in [0.05, 0.1) is 26.0 Å². The smallest absolute Gasteiger partial charge is 0.239 e. The van der Waals surface area contributed by atoms with E-state index in [1.165, 1.54) is 7.11 Å². The Hall–Kier alpha value is -1.54. The Morgan fingerprint density at radius 2 is 2.20 bits per heavy atom. The molecule has 1 unspecified atom stereocenters. The molecule has 1 aliphatic heterocycles. The van der Waals surface area contributed by atoms with Crippen LogP contribution in [0.3, 0.4) is 0 Å². The largest absolute Gasteiger partial charge is 0.495 e. The maximum absolute atomic E-state index is 12.0. The van der Waals surface area contributed by atoms with Gasteiger partial charge in [0.25, 0.3) is 0 Å². The van der Waals surface area contributed by atoms with E-state index in [0.29, 0.717) is 36.2 Å². The molecule has 25 heavy (non-hydrogen) atoms. The summed E-state index contributed by atoms with van der Waals surface area (Å²) in [5.41, 5.74) is 1.39. The summed E-state index contributed by atoms with van der Waals surface area (Å²) >= 11 is 6.04. The van der Waals surface area contributed by atoms with Crippen LogP contribution in [0.25, 0.3) is 0 Å². The van der Waals surface area contributed by atoms with Crippen molar-refractivity contribution in [1.82, 2.24) is 10.6 Å². The van der Waals surface area contributed by atoms with Crippen molar-refractivity contribution in [3.63, 3.8) is 0 Å². The Bertz CT molecular complexity index is 607. The van der Waals surface area contributed by atoms with Crippen molar-refractivity contribution in [2.45, 2.75) is 19.4 Å². The molecule has 7 nitrogen and oxygen atoms in total. The lowest BCUT2D eigenvalue weighted by Gasteiger charge is -2.22. The van der Waals surface area contributed by atoms with Crippen molar-refractivity contribution in [2.24, 2.45) is 0 Å². The molecule has 1 saturated heterocycles. The molecule has 3 N–H and O–H groups in total. The lowest BCUT2D eigenvalue weighted by molar-refractivity contribution is -0.126. The SMILES string of the molecule is COc1cc(Cl)c(C)cc1NC(=O)CCNC(=O)C1COCCN1.Cl. The van der Waals surface area contributed by atoms with Gasteiger partial charge in [0.2, 0.25) is 11.8 Å². The molecule has 1 atom stereocenters. The van der Waals surface area contributed by atoms with Crippen molar-refractivity contribution >= 4 is 41.5 Å². The highest BCUT2D eigenvalue weighted by molar-refractivity contribution is 6.31. The van der Waals surface area contributed by atoms with E-state index in [4.69, 9.17) is 21.1 Å². The number of morpholine rings is 1. The van der Waals surface area contributed by atoms with Gasteiger partial charge in [0.15, 0.2) is 0 Å². The number of halogens is 2. The monoisotopic (exact) mass is 391 g/mol. The third kappa shape index (κ3) is 6.36. The Kier molecular flexibility index (Phi) is 8.99. The fourth-order valence-electron chi connectivity index (χ4n) is 2.30. The van der Waals surface area contributed by atoms with E-state index < -0.39 is 0 Å². The lowest BCUT2D eigenvalue weighted by Crippen LogP contribution is -2.51. The summed E-state index contributed by atoms with van der Waals surface area (Å²) in [6.45, 7) is 3.69. The van der Waals surface area contributed by atoms with Crippen molar-refractivity contribution in [2.75, 3.05) is 38.7 Å². The molecule has 0 aromatic heterocycles. The summed E-state index contributed by atoms with van der Waals surface area (Å²) in [5.74, 6) is 0.108. The molecule has 0 radical (unpaired) electrons. The van der Waals surface area contributed by atoms with Crippen LogP contribution in [0.4, 0.5) is 5.69 Å². The second-order valence-electron chi connectivity index (χ2n) is 5.47. The highest BCUT2D eigenvalue weighted by Crippen LogP contribution is 2.30. The van der Waals surface area contributed by atoms with Crippen LogP contribution in [0.2, 0.25) is 5.02 Å². The van der Waals surface area contributed by atoms with Gasteiger partial charge in [-0.1, -0.05) is 11.6 Å². The van der Waals surface area contributed by atoms with Crippen molar-refractivity contribution in [1.29, 1.82) is 0 Å². The average molecular weight is 392 g/mol. The minimum Gasteiger partial charge on any atom is -0.495 e. The van der Waals surface area contributed by atoms with Crippen LogP contribution in [0.1, 0.15) is 12.0 Å². The van der Waals surface area contributed by atoms with E-state index in [1.54, 1.807) is 12.1 Å². The van der Waals surface area contributed by atoms with Crippen LogP contribution in [-0.4, -0.2) is 51.3 Å². The Morgan fingerprint density at radius 3 is 2.84 bits per heavy atom. The zero-order valence-electron chi connectivity index (χ0n) is 14.2. The minimum absolute atomic E-state index is 0. The van der Waals surface area contributed by atoms with E-state index in [2.05, 4.69) is 16.0 Å². The van der Waals surface area contributed by atoms with Gasteiger partial charge in [-0.3, -0.25) is 9.59 Å². The number of rotatable bonds is 6. The summed E-state index contributed by atoms with van der Waals surface area (Å²) in [7, 11) is 1.51. The number of nitrogens with one attached hydrogen (secondary N) is 3. The molecule has 0 aliphatic carbocycles. The molecular formula is C16H23Cl2N3O4. The van der Waals surface area contributed by atoms with E-state index in [1.807, 2.05) is 6.92 Å². The number of carbonyl (C=O) groups excluding carboxylic acids is 2. The predicted molar refractivity (Wildman–Crippen MR) is 98.9 cm³/mol. The molecule has 1 heterocycles. The molecule has 1 fully saturated rings. The molecule has 1 aromatic carbocycles. The fraction of sp³-hybridized carbons (Fsp3) is 0.500. The van der Waals surface area contributed by atoms with Crippen LogP contribution in [0, 0.1) is 6.92 Å². The summed E-state index contributed by atoms with van der Waals surface area (Å²) in [5, 5.41) is 9.12. The van der Waals surface area contributed by atoms with Crippen molar-refractivity contribution in [3.05, 3.63) is 22.7 Å². The van der Waals surface area contributed by atoms with Gasteiger partial charge in [-0.2, -0.15) is 0 Å². The molecule has 0 spiro atoms. The molecule has 1 aliphatic rings. The first-order valence-corrected chi connectivity index (χ1v) is 8.12. The van der Waals surface area contributed by atoms with Gasteiger partial charge in [0.1, 0.15) is 11.8 Å². The number of aryl methyl sites for hydroxylation is 1. The number of methoxy groups -OCH3 is 1. The standard InChI is InChI=1S/C16H22ClN3O4.ClH/c1-10-7-12(14(23-2)8-11(10)17)20-15(21)3-4-19-16(22)13-9-24-6-5-18-13;/h7-8,13,18H,3-6,9H2,1-2H3,(H,19,22)(H,20,21);1H. The van der Waals surface area contributed by atoms with Gasteiger partial charge in [-0.25, -0.2) is 0 Å². The average Bonchev–Trinajstić information content (AvgIpc) is 2.58. The van der Waals surface area contributed by atoms with Crippen molar-refractivity contribution in [3.8, 4) is 5.75 Å². The molecule has 9 heteroatoms. The second-order valence-corrected chi connectivity index (χ2v) is 5.88. The maximum atomic E-state index is 12.0. The number of benzene rings is 1. The number of anilines is 1. The number of amides is 2. The summed E-state index contributed by atoms with van der Waals surface area (Å²) < 4.78 is 10.4. The Morgan fingerprint density at radius 1 is 1.44 bits per heavy atom. The Labute approximate surface area is 158 Å². The van der Waals surface area contributed by atoms with Gasteiger partial charge in [-0.15, -0.1) is 12.4 Å². The predicted octanol–water partition coefficient (Wildman–Crippen LogP) is 1.51. The highest BCUT2D eigenvalue weighted by atomic mass is 35.5. The zero-order valence-corrected chi connectivity index (χ0v) is 15.8. The van der Waals surface area contributed by atoms with Crippen LogP contribution in [0.5, 0.6) is 5.75 Å². The minimum atomic E-state index is -0.360. The van der Waals surface area contributed by atoms with Crippen LogP contribution in [0.15, 0.2) is 12.1 Å². The first-order chi connectivity index (χ1) is 11.5. The molecule has 0 bridgehead atoms. The van der Waals surface area contributed by atoms with Crippen LogP contribution < -0.4 is 20.7 Å². The maximum Gasteiger partial charge on any atom is 0.239 e. The van der Waals surface area contributed by atoms with Crippen LogP contribution in [-0.2, 0) is 14.3 Å². The van der Waals surface area contributed by atoms with Gasteiger partial charge in [0, 0.05) is 30.6 Å². The first kappa shape index (κ1) is 21.5. The van der Waals surface area contributed by atoms with Crippen LogP contribution >= 0.6 is 24.0 Å². The molecule has 2 rings (SSSR count). The van der Waals surface area contributed by atoms with E-state index in [-0.39, 0.29) is 43.2 Å².